The van der Waals surface area contributed by atoms with Crippen LogP contribution in [0.25, 0.3) is 0 Å². The molecule has 5 nitrogen and oxygen atoms in total. The molecule has 0 saturated heterocycles. The molecule has 1 atom stereocenters. The van der Waals surface area contributed by atoms with Gasteiger partial charge < -0.3 is 19.5 Å². The van der Waals surface area contributed by atoms with Gasteiger partial charge in [-0.25, -0.2) is 0 Å². The summed E-state index contributed by atoms with van der Waals surface area (Å²) in [5.41, 5.74) is 1.64. The molecule has 2 aliphatic heterocycles. The van der Waals surface area contributed by atoms with Crippen molar-refractivity contribution in [3.8, 4) is 17.2 Å². The number of hydrogen-bond acceptors (Lipinski definition) is 4. The topological polar surface area (TPSA) is 56.8 Å². The third-order valence-corrected chi connectivity index (χ3v) is 4.34. The highest BCUT2D eigenvalue weighted by molar-refractivity contribution is 6.30. The third kappa shape index (κ3) is 2.99. The van der Waals surface area contributed by atoms with Gasteiger partial charge in [-0.1, -0.05) is 11.6 Å². The van der Waals surface area contributed by atoms with Crippen molar-refractivity contribution < 1.29 is 19.0 Å². The van der Waals surface area contributed by atoms with Gasteiger partial charge in [0.05, 0.1) is 5.92 Å². The summed E-state index contributed by atoms with van der Waals surface area (Å²) < 4.78 is 16.7. The molecule has 2 aromatic carbocycles. The number of rotatable bonds is 2. The number of halogens is 1. The molecule has 0 unspecified atom stereocenters. The SMILES string of the molecule is O=C(Nc1ccc2c(c1)OCCO2)[C@@H]1COc2ccc(Cl)cc2C1. The zero-order valence-corrected chi connectivity index (χ0v) is 13.6. The largest absolute Gasteiger partial charge is 0.492 e. The number of nitrogens with one attached hydrogen (secondary N) is 1. The number of anilines is 1. The second kappa shape index (κ2) is 6.24. The van der Waals surface area contributed by atoms with Crippen LogP contribution in [0.15, 0.2) is 36.4 Å². The first kappa shape index (κ1) is 15.1. The number of amides is 1. The average molecular weight is 346 g/mol. The molecule has 0 spiro atoms. The molecule has 24 heavy (non-hydrogen) atoms. The molecule has 0 fully saturated rings. The van der Waals surface area contributed by atoms with E-state index >= 15 is 0 Å². The fraction of sp³-hybridized carbons (Fsp3) is 0.278. The molecule has 1 N–H and O–H groups in total. The molecule has 0 radical (unpaired) electrons. The van der Waals surface area contributed by atoms with Crippen LogP contribution in [0.3, 0.4) is 0 Å². The second-order valence-electron chi connectivity index (χ2n) is 5.81. The molecular weight excluding hydrogens is 330 g/mol. The minimum atomic E-state index is -0.260. The normalized spacial score (nSPS) is 18.3. The maximum absolute atomic E-state index is 12.5. The van der Waals surface area contributed by atoms with E-state index in [9.17, 15) is 4.79 Å². The Bertz CT molecular complexity index is 793. The number of hydrogen-bond donors (Lipinski definition) is 1. The molecule has 0 saturated carbocycles. The quantitative estimate of drug-likeness (QED) is 0.907. The van der Waals surface area contributed by atoms with Crippen LogP contribution in [-0.2, 0) is 11.2 Å². The van der Waals surface area contributed by atoms with Crippen LogP contribution in [0, 0.1) is 5.92 Å². The summed E-state index contributed by atoms with van der Waals surface area (Å²) in [5, 5.41) is 3.56. The van der Waals surface area contributed by atoms with E-state index < -0.39 is 0 Å². The van der Waals surface area contributed by atoms with E-state index in [0.29, 0.717) is 48.5 Å². The van der Waals surface area contributed by atoms with Gasteiger partial charge in [0.15, 0.2) is 11.5 Å². The summed E-state index contributed by atoms with van der Waals surface area (Å²) in [6.07, 6.45) is 0.603. The average Bonchev–Trinajstić information content (AvgIpc) is 2.61. The van der Waals surface area contributed by atoms with E-state index in [2.05, 4.69) is 5.32 Å². The minimum Gasteiger partial charge on any atom is -0.492 e. The molecule has 2 aliphatic rings. The van der Waals surface area contributed by atoms with Gasteiger partial charge in [-0.05, 0) is 42.3 Å². The van der Waals surface area contributed by atoms with Crippen molar-refractivity contribution in [2.24, 2.45) is 5.92 Å². The Hall–Kier alpha value is -2.40. The monoisotopic (exact) mass is 345 g/mol. The molecule has 1 amide bonds. The predicted molar refractivity (Wildman–Crippen MR) is 90.2 cm³/mol. The molecule has 124 valence electrons. The predicted octanol–water partition coefficient (Wildman–Crippen LogP) is 3.30. The van der Waals surface area contributed by atoms with Crippen molar-refractivity contribution in [1.29, 1.82) is 0 Å². The van der Waals surface area contributed by atoms with Crippen molar-refractivity contribution >= 4 is 23.2 Å². The highest BCUT2D eigenvalue weighted by Gasteiger charge is 2.26. The van der Waals surface area contributed by atoms with Gasteiger partial charge in [-0.2, -0.15) is 0 Å². The van der Waals surface area contributed by atoms with E-state index in [-0.39, 0.29) is 11.8 Å². The lowest BCUT2D eigenvalue weighted by molar-refractivity contribution is -0.121. The smallest absolute Gasteiger partial charge is 0.231 e. The maximum atomic E-state index is 12.5. The number of carbonyl (C=O) groups excluding carboxylic acids is 1. The zero-order chi connectivity index (χ0) is 16.5. The van der Waals surface area contributed by atoms with E-state index in [1.54, 1.807) is 24.3 Å². The van der Waals surface area contributed by atoms with Gasteiger partial charge in [0.1, 0.15) is 25.6 Å². The van der Waals surface area contributed by atoms with E-state index in [4.69, 9.17) is 25.8 Å². The molecular formula is C18H16ClNO4. The van der Waals surface area contributed by atoms with Crippen LogP contribution in [0.4, 0.5) is 5.69 Å². The number of benzene rings is 2. The summed E-state index contributed by atoms with van der Waals surface area (Å²) in [5.74, 6) is 1.80. The lowest BCUT2D eigenvalue weighted by atomic mass is 9.96. The molecule has 0 aliphatic carbocycles. The minimum absolute atomic E-state index is 0.0858. The summed E-state index contributed by atoms with van der Waals surface area (Å²) >= 11 is 6.02. The molecule has 6 heteroatoms. The zero-order valence-electron chi connectivity index (χ0n) is 12.9. The molecule has 2 heterocycles. The van der Waals surface area contributed by atoms with E-state index in [0.717, 1.165) is 11.3 Å². The van der Waals surface area contributed by atoms with E-state index in [1.165, 1.54) is 0 Å². The van der Waals surface area contributed by atoms with Crippen LogP contribution >= 0.6 is 11.6 Å². The molecule has 0 bridgehead atoms. The fourth-order valence-corrected chi connectivity index (χ4v) is 3.09. The van der Waals surface area contributed by atoms with Gasteiger partial charge in [0.25, 0.3) is 0 Å². The standard InChI is InChI=1S/C18H16ClNO4/c19-13-1-3-15-11(8-13)7-12(10-24-15)18(21)20-14-2-4-16-17(9-14)23-6-5-22-16/h1-4,8-9,12H,5-7,10H2,(H,20,21)/t12-/m0/s1. The maximum Gasteiger partial charge on any atom is 0.231 e. The van der Waals surface area contributed by atoms with Crippen LogP contribution in [-0.4, -0.2) is 25.7 Å². The molecule has 4 rings (SSSR count). The lowest BCUT2D eigenvalue weighted by Crippen LogP contribution is -2.32. The number of fused-ring (bicyclic) bond motifs is 2. The van der Waals surface area contributed by atoms with Gasteiger partial charge in [0, 0.05) is 16.8 Å². The van der Waals surface area contributed by atoms with Gasteiger partial charge >= 0.3 is 0 Å². The first-order valence-electron chi connectivity index (χ1n) is 7.81. The van der Waals surface area contributed by atoms with Gasteiger partial charge in [-0.3, -0.25) is 4.79 Å². The Labute approximate surface area is 144 Å². The van der Waals surface area contributed by atoms with Crippen molar-refractivity contribution in [3.05, 3.63) is 47.0 Å². The van der Waals surface area contributed by atoms with Gasteiger partial charge in [0.2, 0.25) is 5.91 Å². The summed E-state index contributed by atoms with van der Waals surface area (Å²) in [6.45, 7) is 1.41. The highest BCUT2D eigenvalue weighted by Crippen LogP contribution is 2.33. The first-order chi connectivity index (χ1) is 11.7. The summed E-state index contributed by atoms with van der Waals surface area (Å²) in [7, 11) is 0. The third-order valence-electron chi connectivity index (χ3n) is 4.11. The van der Waals surface area contributed by atoms with E-state index in [1.807, 2.05) is 12.1 Å². The number of ether oxygens (including phenoxy) is 3. The molecule has 2 aromatic rings. The van der Waals surface area contributed by atoms with Crippen LogP contribution < -0.4 is 19.5 Å². The summed E-state index contributed by atoms with van der Waals surface area (Å²) in [6, 6.07) is 10.9. The number of carbonyl (C=O) groups is 1. The van der Waals surface area contributed by atoms with Crippen molar-refractivity contribution in [2.75, 3.05) is 25.1 Å². The Kier molecular flexibility index (Phi) is 3.94. The van der Waals surface area contributed by atoms with Crippen molar-refractivity contribution in [1.82, 2.24) is 0 Å². The van der Waals surface area contributed by atoms with Gasteiger partial charge in [-0.15, -0.1) is 0 Å². The second-order valence-corrected chi connectivity index (χ2v) is 6.25. The summed E-state index contributed by atoms with van der Waals surface area (Å²) in [4.78, 5) is 12.5. The van der Waals surface area contributed by atoms with Crippen LogP contribution in [0.1, 0.15) is 5.56 Å². The fourth-order valence-electron chi connectivity index (χ4n) is 2.90. The first-order valence-corrected chi connectivity index (χ1v) is 8.18. The Morgan fingerprint density at radius 1 is 1.00 bits per heavy atom. The highest BCUT2D eigenvalue weighted by atomic mass is 35.5. The Balaban J connectivity index is 1.47. The Morgan fingerprint density at radius 3 is 2.67 bits per heavy atom. The van der Waals surface area contributed by atoms with Crippen LogP contribution in [0.5, 0.6) is 17.2 Å². The molecule has 0 aromatic heterocycles. The lowest BCUT2D eigenvalue weighted by Gasteiger charge is -2.25. The van der Waals surface area contributed by atoms with Crippen molar-refractivity contribution in [3.63, 3.8) is 0 Å². The van der Waals surface area contributed by atoms with Crippen LogP contribution in [0.2, 0.25) is 5.02 Å². The van der Waals surface area contributed by atoms with Crippen molar-refractivity contribution in [2.45, 2.75) is 6.42 Å². The Morgan fingerprint density at radius 2 is 1.79 bits per heavy atom.